The van der Waals surface area contributed by atoms with Crippen molar-refractivity contribution in [2.45, 2.75) is 11.8 Å². The number of rotatable bonds is 9. The average molecular weight is 523 g/mol. The van der Waals surface area contributed by atoms with Crippen LogP contribution in [0.2, 0.25) is 5.02 Å². The number of nitrogens with one attached hydrogen (secondary N) is 2. The summed E-state index contributed by atoms with van der Waals surface area (Å²) in [6.07, 6.45) is 0. The number of carbonyl (C=O) groups is 1. The smallest absolute Gasteiger partial charge is 0.262 e. The Morgan fingerprint density at radius 1 is 0.861 bits per heavy atom. The van der Waals surface area contributed by atoms with Crippen LogP contribution in [0.5, 0.6) is 17.2 Å². The van der Waals surface area contributed by atoms with Crippen molar-refractivity contribution in [2.75, 3.05) is 16.6 Å². The maximum atomic E-state index is 12.7. The van der Waals surface area contributed by atoms with Gasteiger partial charge in [-0.05, 0) is 79.2 Å². The standard InChI is InChI=1S/C27H23ClN2O5S/c1-19-17-23(36(32,33)30-21-13-11-20(28)12-14-21)15-16-25(19)34-18-27(31)29-24-9-5-6-10-26(24)35-22-7-3-2-4-8-22/h2-17,30H,18H2,1H3,(H,29,31). The third kappa shape index (κ3) is 6.56. The molecule has 0 fully saturated rings. The molecule has 36 heavy (non-hydrogen) atoms. The van der Waals surface area contributed by atoms with E-state index >= 15 is 0 Å². The molecule has 0 aromatic heterocycles. The number of amides is 1. The van der Waals surface area contributed by atoms with E-state index in [1.165, 1.54) is 18.2 Å². The van der Waals surface area contributed by atoms with E-state index in [2.05, 4.69) is 10.0 Å². The van der Waals surface area contributed by atoms with E-state index in [0.29, 0.717) is 39.2 Å². The molecule has 0 aliphatic carbocycles. The predicted molar refractivity (Wildman–Crippen MR) is 141 cm³/mol. The lowest BCUT2D eigenvalue weighted by Gasteiger charge is -2.14. The van der Waals surface area contributed by atoms with E-state index in [0.717, 1.165) is 0 Å². The van der Waals surface area contributed by atoms with Crippen molar-refractivity contribution >= 4 is 38.9 Å². The summed E-state index contributed by atoms with van der Waals surface area (Å²) in [7, 11) is -3.81. The molecule has 7 nitrogen and oxygen atoms in total. The van der Waals surface area contributed by atoms with Gasteiger partial charge < -0.3 is 14.8 Å². The van der Waals surface area contributed by atoms with Crippen molar-refractivity contribution in [3.8, 4) is 17.2 Å². The number of para-hydroxylation sites is 3. The van der Waals surface area contributed by atoms with Crippen molar-refractivity contribution in [3.05, 3.63) is 108 Å². The second-order valence-corrected chi connectivity index (χ2v) is 9.91. The first kappa shape index (κ1) is 25.1. The summed E-state index contributed by atoms with van der Waals surface area (Å²) in [5, 5.41) is 3.29. The number of benzene rings is 4. The van der Waals surface area contributed by atoms with Crippen molar-refractivity contribution in [1.82, 2.24) is 0 Å². The van der Waals surface area contributed by atoms with Gasteiger partial charge in [-0.2, -0.15) is 0 Å². The SMILES string of the molecule is Cc1cc(S(=O)(=O)Nc2ccc(Cl)cc2)ccc1OCC(=O)Nc1ccccc1Oc1ccccc1. The van der Waals surface area contributed by atoms with Crippen LogP contribution < -0.4 is 19.5 Å². The quantitative estimate of drug-likeness (QED) is 0.270. The molecule has 0 heterocycles. The first-order valence-corrected chi connectivity index (χ1v) is 12.8. The fourth-order valence-corrected chi connectivity index (χ4v) is 4.56. The Kier molecular flexibility index (Phi) is 7.77. The molecule has 0 radical (unpaired) electrons. The molecule has 0 aliphatic heterocycles. The monoisotopic (exact) mass is 522 g/mol. The zero-order valence-electron chi connectivity index (χ0n) is 19.3. The second-order valence-electron chi connectivity index (χ2n) is 7.79. The van der Waals surface area contributed by atoms with Gasteiger partial charge in [0, 0.05) is 10.7 Å². The first-order chi connectivity index (χ1) is 17.3. The van der Waals surface area contributed by atoms with Crippen molar-refractivity contribution < 1.29 is 22.7 Å². The summed E-state index contributed by atoms with van der Waals surface area (Å²) >= 11 is 5.85. The molecular formula is C27H23ClN2O5S. The minimum absolute atomic E-state index is 0.0683. The van der Waals surface area contributed by atoms with Gasteiger partial charge in [-0.15, -0.1) is 0 Å². The molecule has 1 amide bonds. The van der Waals surface area contributed by atoms with Crippen LogP contribution in [0.25, 0.3) is 0 Å². The van der Waals surface area contributed by atoms with Crippen LogP contribution >= 0.6 is 11.6 Å². The van der Waals surface area contributed by atoms with E-state index in [9.17, 15) is 13.2 Å². The molecule has 0 saturated heterocycles. The van der Waals surface area contributed by atoms with Crippen LogP contribution in [0.1, 0.15) is 5.56 Å². The van der Waals surface area contributed by atoms with Crippen LogP contribution in [-0.2, 0) is 14.8 Å². The number of hydrogen-bond donors (Lipinski definition) is 2. The van der Waals surface area contributed by atoms with Gasteiger partial charge in [-0.1, -0.05) is 41.9 Å². The minimum Gasteiger partial charge on any atom is -0.483 e. The fourth-order valence-electron chi connectivity index (χ4n) is 3.29. The molecule has 0 spiro atoms. The lowest BCUT2D eigenvalue weighted by Crippen LogP contribution is -2.20. The second kappa shape index (κ2) is 11.2. The van der Waals surface area contributed by atoms with E-state index in [-0.39, 0.29) is 17.4 Å². The molecule has 0 unspecified atom stereocenters. The fraction of sp³-hybridized carbons (Fsp3) is 0.0741. The zero-order chi connectivity index (χ0) is 25.5. The lowest BCUT2D eigenvalue weighted by molar-refractivity contribution is -0.118. The Hall–Kier alpha value is -4.01. The Morgan fingerprint density at radius 2 is 1.56 bits per heavy atom. The van der Waals surface area contributed by atoms with Crippen LogP contribution in [-0.4, -0.2) is 20.9 Å². The molecule has 0 atom stereocenters. The van der Waals surface area contributed by atoms with E-state index in [1.54, 1.807) is 49.4 Å². The number of sulfonamides is 1. The van der Waals surface area contributed by atoms with Crippen molar-refractivity contribution in [3.63, 3.8) is 0 Å². The number of ether oxygens (including phenoxy) is 2. The molecule has 4 aromatic rings. The number of carbonyl (C=O) groups excluding carboxylic acids is 1. The molecule has 2 N–H and O–H groups in total. The number of anilines is 2. The van der Waals surface area contributed by atoms with Gasteiger partial charge in [0.2, 0.25) is 0 Å². The predicted octanol–water partition coefficient (Wildman–Crippen LogP) is 6.26. The highest BCUT2D eigenvalue weighted by Crippen LogP contribution is 2.29. The largest absolute Gasteiger partial charge is 0.483 e. The Morgan fingerprint density at radius 3 is 2.28 bits per heavy atom. The molecule has 0 bridgehead atoms. The summed E-state index contributed by atoms with van der Waals surface area (Å²) in [6, 6.07) is 27.1. The van der Waals surface area contributed by atoms with Gasteiger partial charge in [0.25, 0.3) is 15.9 Å². The number of hydrogen-bond acceptors (Lipinski definition) is 5. The van der Waals surface area contributed by atoms with Crippen LogP contribution in [0.3, 0.4) is 0 Å². The summed E-state index contributed by atoms with van der Waals surface area (Å²) in [5.74, 6) is 1.15. The third-order valence-electron chi connectivity index (χ3n) is 5.04. The van der Waals surface area contributed by atoms with Crippen molar-refractivity contribution in [2.24, 2.45) is 0 Å². The highest BCUT2D eigenvalue weighted by Gasteiger charge is 2.17. The normalized spacial score (nSPS) is 10.9. The van der Waals surface area contributed by atoms with Gasteiger partial charge >= 0.3 is 0 Å². The Bertz CT molecular complexity index is 1460. The van der Waals surface area contributed by atoms with Gasteiger partial charge in [0.15, 0.2) is 12.4 Å². The third-order valence-corrected chi connectivity index (χ3v) is 6.68. The molecule has 184 valence electrons. The lowest BCUT2D eigenvalue weighted by atomic mass is 10.2. The Balaban J connectivity index is 1.38. The summed E-state index contributed by atoms with van der Waals surface area (Å²) in [6.45, 7) is 1.44. The minimum atomic E-state index is -3.81. The summed E-state index contributed by atoms with van der Waals surface area (Å²) in [5.41, 5.74) is 1.46. The van der Waals surface area contributed by atoms with Crippen LogP contribution in [0, 0.1) is 6.92 Å². The maximum absolute atomic E-state index is 12.7. The molecule has 4 rings (SSSR count). The summed E-state index contributed by atoms with van der Waals surface area (Å²) in [4.78, 5) is 12.6. The van der Waals surface area contributed by atoms with E-state index < -0.39 is 10.0 Å². The van der Waals surface area contributed by atoms with E-state index in [4.69, 9.17) is 21.1 Å². The zero-order valence-corrected chi connectivity index (χ0v) is 20.8. The molecule has 4 aromatic carbocycles. The van der Waals surface area contributed by atoms with E-state index in [1.807, 2.05) is 36.4 Å². The maximum Gasteiger partial charge on any atom is 0.262 e. The molecule has 0 aliphatic rings. The number of aryl methyl sites for hydroxylation is 1. The van der Waals surface area contributed by atoms with Gasteiger partial charge in [-0.3, -0.25) is 9.52 Å². The van der Waals surface area contributed by atoms with Gasteiger partial charge in [0.1, 0.15) is 11.5 Å². The van der Waals surface area contributed by atoms with Gasteiger partial charge in [-0.25, -0.2) is 8.42 Å². The first-order valence-electron chi connectivity index (χ1n) is 10.9. The van der Waals surface area contributed by atoms with Crippen molar-refractivity contribution in [1.29, 1.82) is 0 Å². The molecular weight excluding hydrogens is 500 g/mol. The highest BCUT2D eigenvalue weighted by molar-refractivity contribution is 7.92. The summed E-state index contributed by atoms with van der Waals surface area (Å²) < 4.78 is 39.5. The highest BCUT2D eigenvalue weighted by atomic mass is 35.5. The van der Waals surface area contributed by atoms with Crippen LogP contribution in [0.15, 0.2) is 102 Å². The topological polar surface area (TPSA) is 93.7 Å². The number of halogens is 1. The Labute approximate surface area is 214 Å². The molecule has 0 saturated carbocycles. The van der Waals surface area contributed by atoms with Gasteiger partial charge in [0.05, 0.1) is 10.6 Å². The molecule has 9 heteroatoms. The van der Waals surface area contributed by atoms with Crippen LogP contribution in [0.4, 0.5) is 11.4 Å². The average Bonchev–Trinajstić information content (AvgIpc) is 2.86.